The Morgan fingerprint density at radius 1 is 1.14 bits per heavy atom. The third-order valence-corrected chi connectivity index (χ3v) is 4.80. The number of hydrogen-bond acceptors (Lipinski definition) is 4. The number of aliphatic imine (C=N–C) groups is 1. The van der Waals surface area contributed by atoms with Gasteiger partial charge >= 0.3 is 0 Å². The number of halogens is 1. The molecular formula is C22H22FN3O2S. The normalized spacial score (nSPS) is 15.6. The van der Waals surface area contributed by atoms with Crippen molar-refractivity contribution in [3.63, 3.8) is 0 Å². The second kappa shape index (κ2) is 8.61. The lowest BCUT2D eigenvalue weighted by Crippen LogP contribution is -2.42. The Morgan fingerprint density at radius 3 is 2.41 bits per heavy atom. The number of nitrogens with one attached hydrogen (secondary N) is 1. The molecule has 0 fully saturated rings. The van der Waals surface area contributed by atoms with Crippen LogP contribution in [-0.4, -0.2) is 28.3 Å². The van der Waals surface area contributed by atoms with E-state index < -0.39 is 5.82 Å². The number of hydrogen-bond donors (Lipinski definition) is 1. The van der Waals surface area contributed by atoms with E-state index in [4.69, 9.17) is 0 Å². The summed E-state index contributed by atoms with van der Waals surface area (Å²) >= 11 is 1.17. The van der Waals surface area contributed by atoms with E-state index in [0.29, 0.717) is 10.9 Å². The molecule has 2 aromatic carbocycles. The van der Waals surface area contributed by atoms with E-state index in [1.807, 2.05) is 51.1 Å². The van der Waals surface area contributed by atoms with Gasteiger partial charge in [-0.05, 0) is 56.7 Å². The lowest BCUT2D eigenvalue weighted by Gasteiger charge is -2.21. The number of thioether (sulfide) groups is 1. The van der Waals surface area contributed by atoms with E-state index >= 15 is 0 Å². The van der Waals surface area contributed by atoms with Gasteiger partial charge in [0.25, 0.3) is 5.91 Å². The first kappa shape index (κ1) is 20.8. The number of amides is 2. The van der Waals surface area contributed by atoms with Gasteiger partial charge in [-0.25, -0.2) is 9.38 Å². The molecular weight excluding hydrogens is 389 g/mol. The average molecular weight is 412 g/mol. The van der Waals surface area contributed by atoms with Crippen molar-refractivity contribution in [2.24, 2.45) is 4.99 Å². The van der Waals surface area contributed by atoms with Crippen molar-refractivity contribution in [2.75, 3.05) is 10.7 Å². The van der Waals surface area contributed by atoms with Gasteiger partial charge in [-0.2, -0.15) is 0 Å². The number of anilines is 1. The maximum Gasteiger partial charge on any atom is 0.283 e. The molecule has 0 aliphatic carbocycles. The predicted octanol–water partition coefficient (Wildman–Crippen LogP) is 4.22. The first-order chi connectivity index (χ1) is 13.7. The largest absolute Gasteiger partial charge is 0.351 e. The van der Waals surface area contributed by atoms with Crippen molar-refractivity contribution in [3.8, 4) is 0 Å². The molecule has 29 heavy (non-hydrogen) atoms. The van der Waals surface area contributed by atoms with Crippen molar-refractivity contribution in [2.45, 2.75) is 26.3 Å². The van der Waals surface area contributed by atoms with Gasteiger partial charge in [-0.1, -0.05) is 42.1 Å². The molecule has 150 valence electrons. The molecule has 0 atom stereocenters. The lowest BCUT2D eigenvalue weighted by molar-refractivity contribution is -0.120. The monoisotopic (exact) mass is 411 g/mol. The molecule has 1 aliphatic heterocycles. The summed E-state index contributed by atoms with van der Waals surface area (Å²) in [4.78, 5) is 31.1. The molecule has 7 heteroatoms. The summed E-state index contributed by atoms with van der Waals surface area (Å²) in [7, 11) is 0. The highest BCUT2D eigenvalue weighted by atomic mass is 32.2. The van der Waals surface area contributed by atoms with Gasteiger partial charge in [0.1, 0.15) is 11.5 Å². The van der Waals surface area contributed by atoms with E-state index in [2.05, 4.69) is 10.3 Å². The third kappa shape index (κ3) is 5.54. The highest BCUT2D eigenvalue weighted by molar-refractivity contribution is 8.14. The molecule has 1 aliphatic rings. The molecule has 0 saturated heterocycles. The Kier molecular flexibility index (Phi) is 6.17. The predicted molar refractivity (Wildman–Crippen MR) is 116 cm³/mol. The molecule has 0 spiro atoms. The van der Waals surface area contributed by atoms with Crippen molar-refractivity contribution >= 4 is 40.5 Å². The first-order valence-corrected chi connectivity index (χ1v) is 10.1. The van der Waals surface area contributed by atoms with Gasteiger partial charge in [0.15, 0.2) is 5.17 Å². The van der Waals surface area contributed by atoms with Gasteiger partial charge in [0, 0.05) is 5.54 Å². The van der Waals surface area contributed by atoms with E-state index in [-0.39, 0.29) is 28.8 Å². The summed E-state index contributed by atoms with van der Waals surface area (Å²) in [5.74, 6) is -0.757. The second-order valence-corrected chi connectivity index (χ2v) is 8.48. The summed E-state index contributed by atoms with van der Waals surface area (Å²) < 4.78 is 13.3. The van der Waals surface area contributed by atoms with Crippen molar-refractivity contribution in [1.29, 1.82) is 0 Å². The van der Waals surface area contributed by atoms with E-state index in [9.17, 15) is 14.0 Å². The minimum absolute atomic E-state index is 0.111. The van der Waals surface area contributed by atoms with Crippen LogP contribution in [0, 0.1) is 5.82 Å². The number of nitrogens with zero attached hydrogens (tertiary/aromatic N) is 2. The summed E-state index contributed by atoms with van der Waals surface area (Å²) in [5, 5.41) is 3.27. The van der Waals surface area contributed by atoms with Gasteiger partial charge in [-0.15, -0.1) is 0 Å². The van der Waals surface area contributed by atoms with Crippen LogP contribution in [0.3, 0.4) is 0 Å². The zero-order valence-electron chi connectivity index (χ0n) is 16.5. The highest BCUT2D eigenvalue weighted by Crippen LogP contribution is 2.29. The van der Waals surface area contributed by atoms with Gasteiger partial charge < -0.3 is 5.32 Å². The molecule has 5 nitrogen and oxygen atoms in total. The fourth-order valence-corrected chi connectivity index (χ4v) is 3.52. The zero-order valence-corrected chi connectivity index (χ0v) is 17.3. The zero-order chi connectivity index (χ0) is 21.0. The fraction of sp³-hybridized carbons (Fsp3) is 0.227. The number of amidine groups is 1. The minimum Gasteiger partial charge on any atom is -0.351 e. The Bertz CT molecular complexity index is 964. The summed E-state index contributed by atoms with van der Waals surface area (Å²) in [6.45, 7) is 5.70. The Labute approximate surface area is 173 Å². The third-order valence-electron chi connectivity index (χ3n) is 3.86. The van der Waals surface area contributed by atoms with Crippen molar-refractivity contribution in [3.05, 3.63) is 71.7 Å². The van der Waals surface area contributed by atoms with Crippen LogP contribution in [0.4, 0.5) is 10.1 Å². The molecule has 0 radical (unpaired) electrons. The summed E-state index contributed by atoms with van der Waals surface area (Å²) in [5.41, 5.74) is 1.25. The number of carbonyl (C=O) groups is 2. The molecule has 1 heterocycles. The summed E-state index contributed by atoms with van der Waals surface area (Å²) in [6.07, 6.45) is 1.70. The van der Waals surface area contributed by atoms with Crippen LogP contribution in [0.2, 0.25) is 0 Å². The topological polar surface area (TPSA) is 61.8 Å². The molecule has 1 N–H and O–H groups in total. The molecule has 2 aromatic rings. The molecule has 2 amide bonds. The van der Waals surface area contributed by atoms with E-state index in [1.165, 1.54) is 40.9 Å². The lowest BCUT2D eigenvalue weighted by atomic mass is 10.1. The molecule has 0 unspecified atom stereocenters. The maximum atomic E-state index is 13.3. The standard InChI is InChI=1S/C22H22FN3O2S/c1-22(2,3)25-19(27)14-29-21-24-18(13-15-7-5-4-6-8-15)20(28)26(21)17-11-9-16(23)10-12-17/h4-13H,14H2,1-3H3,(H,25,27)/b18-13-. The Morgan fingerprint density at radius 2 is 1.79 bits per heavy atom. The Hall–Kier alpha value is -2.93. The van der Waals surface area contributed by atoms with Crippen LogP contribution in [0.5, 0.6) is 0 Å². The van der Waals surface area contributed by atoms with Gasteiger partial charge in [0.05, 0.1) is 11.4 Å². The average Bonchev–Trinajstić information content (AvgIpc) is 2.96. The second-order valence-electron chi connectivity index (χ2n) is 7.54. The molecule has 0 saturated carbocycles. The van der Waals surface area contributed by atoms with Gasteiger partial charge in [-0.3, -0.25) is 14.5 Å². The molecule has 0 bridgehead atoms. The highest BCUT2D eigenvalue weighted by Gasteiger charge is 2.32. The molecule has 3 rings (SSSR count). The SMILES string of the molecule is CC(C)(C)NC(=O)CSC1=N/C(=C\c2ccccc2)C(=O)N1c1ccc(F)cc1. The fourth-order valence-electron chi connectivity index (χ4n) is 2.70. The van der Waals surface area contributed by atoms with Gasteiger partial charge in [0.2, 0.25) is 5.91 Å². The van der Waals surface area contributed by atoms with E-state index in [0.717, 1.165) is 5.56 Å². The van der Waals surface area contributed by atoms with Crippen LogP contribution in [0.15, 0.2) is 65.3 Å². The smallest absolute Gasteiger partial charge is 0.283 e. The Balaban J connectivity index is 1.88. The van der Waals surface area contributed by atoms with Crippen LogP contribution in [-0.2, 0) is 9.59 Å². The van der Waals surface area contributed by atoms with Crippen LogP contribution in [0.25, 0.3) is 6.08 Å². The quantitative estimate of drug-likeness (QED) is 0.767. The van der Waals surface area contributed by atoms with E-state index in [1.54, 1.807) is 6.08 Å². The molecule has 0 aromatic heterocycles. The van der Waals surface area contributed by atoms with Crippen LogP contribution in [0.1, 0.15) is 26.3 Å². The minimum atomic E-state index is -0.392. The van der Waals surface area contributed by atoms with Crippen LogP contribution < -0.4 is 10.2 Å². The number of rotatable bonds is 4. The maximum absolute atomic E-state index is 13.3. The van der Waals surface area contributed by atoms with Crippen LogP contribution >= 0.6 is 11.8 Å². The first-order valence-electron chi connectivity index (χ1n) is 9.12. The van der Waals surface area contributed by atoms with Crippen molar-refractivity contribution in [1.82, 2.24) is 5.32 Å². The summed E-state index contributed by atoms with van der Waals surface area (Å²) in [6, 6.07) is 15.0. The number of carbonyl (C=O) groups excluding carboxylic acids is 2. The number of benzene rings is 2. The van der Waals surface area contributed by atoms with Crippen molar-refractivity contribution < 1.29 is 14.0 Å².